The van der Waals surface area contributed by atoms with Gasteiger partial charge in [0.1, 0.15) is 0 Å². The molecule has 1 aliphatic rings. The number of aryl methyl sites for hydroxylation is 1. The van der Waals surface area contributed by atoms with Crippen molar-refractivity contribution in [3.8, 4) is 0 Å². The first-order chi connectivity index (χ1) is 9.99. The van der Waals surface area contributed by atoms with Gasteiger partial charge in [0.05, 0.1) is 12.2 Å². The number of carboxylic acid groups (broad SMARTS) is 1. The molecule has 0 amide bonds. The molecule has 1 saturated heterocycles. The third kappa shape index (κ3) is 4.50. The van der Waals surface area contributed by atoms with Gasteiger partial charge in [-0.1, -0.05) is 12.5 Å². The molecular weight excluding hydrogens is 292 g/mol. The van der Waals surface area contributed by atoms with Crippen LogP contribution in [0.2, 0.25) is 0 Å². The maximum atomic E-state index is 12.5. The first-order valence-electron chi connectivity index (χ1n) is 7.10. The molecule has 116 valence electrons. The van der Waals surface area contributed by atoms with Crippen molar-refractivity contribution in [2.45, 2.75) is 38.1 Å². The Kier molecular flexibility index (Phi) is 5.30. The van der Waals surface area contributed by atoms with E-state index in [2.05, 4.69) is 4.98 Å². The Morgan fingerprint density at radius 3 is 2.86 bits per heavy atom. The Balaban J connectivity index is 2.04. The van der Waals surface area contributed by atoms with E-state index in [-0.39, 0.29) is 12.2 Å². The zero-order valence-corrected chi connectivity index (χ0v) is 12.6. The van der Waals surface area contributed by atoms with Gasteiger partial charge in [-0.15, -0.1) is 0 Å². The second-order valence-corrected chi connectivity index (χ2v) is 7.29. The van der Waals surface area contributed by atoms with E-state index in [0.717, 1.165) is 18.5 Å². The van der Waals surface area contributed by atoms with E-state index < -0.39 is 22.0 Å². The zero-order valence-electron chi connectivity index (χ0n) is 11.8. The second-order valence-electron chi connectivity index (χ2n) is 5.25. The highest BCUT2D eigenvalue weighted by Crippen LogP contribution is 2.23. The fourth-order valence-electron chi connectivity index (χ4n) is 2.64. The van der Waals surface area contributed by atoms with Crippen molar-refractivity contribution in [3.05, 3.63) is 30.1 Å². The molecule has 1 N–H and O–H groups in total. The van der Waals surface area contributed by atoms with Crippen LogP contribution in [0.15, 0.2) is 24.4 Å². The third-order valence-electron chi connectivity index (χ3n) is 3.68. The quantitative estimate of drug-likeness (QED) is 0.855. The smallest absolute Gasteiger partial charge is 0.304 e. The fourth-order valence-corrected chi connectivity index (χ4v) is 4.39. The minimum Gasteiger partial charge on any atom is -0.481 e. The summed E-state index contributed by atoms with van der Waals surface area (Å²) in [5.74, 6) is -0.980. The summed E-state index contributed by atoms with van der Waals surface area (Å²) in [4.78, 5) is 15.0. The van der Waals surface area contributed by atoms with Gasteiger partial charge in [-0.05, 0) is 25.0 Å². The van der Waals surface area contributed by atoms with Crippen molar-refractivity contribution in [2.24, 2.45) is 0 Å². The number of nitrogens with zero attached hydrogens (tertiary/aromatic N) is 2. The molecule has 1 fully saturated rings. The van der Waals surface area contributed by atoms with Crippen LogP contribution in [0.3, 0.4) is 0 Å². The van der Waals surface area contributed by atoms with Crippen LogP contribution in [0.25, 0.3) is 0 Å². The van der Waals surface area contributed by atoms with Crippen LogP contribution < -0.4 is 0 Å². The number of piperidine rings is 1. The van der Waals surface area contributed by atoms with Gasteiger partial charge in [0, 0.05) is 30.9 Å². The number of aromatic nitrogens is 1. The molecule has 0 aromatic carbocycles. The average molecular weight is 312 g/mol. The number of carbonyl (C=O) groups is 1. The first-order valence-corrected chi connectivity index (χ1v) is 8.71. The average Bonchev–Trinajstić information content (AvgIpc) is 2.46. The number of aliphatic carboxylic acids is 1. The SMILES string of the molecule is O=C(O)CC1CCCCN1S(=O)(=O)CCc1ccccn1. The van der Waals surface area contributed by atoms with Crippen molar-refractivity contribution in [1.29, 1.82) is 0 Å². The number of sulfonamides is 1. The summed E-state index contributed by atoms with van der Waals surface area (Å²) < 4.78 is 26.3. The molecule has 2 rings (SSSR count). The monoisotopic (exact) mass is 312 g/mol. The molecule has 1 unspecified atom stereocenters. The lowest BCUT2D eigenvalue weighted by molar-refractivity contribution is -0.138. The molecule has 1 aliphatic heterocycles. The van der Waals surface area contributed by atoms with E-state index in [1.165, 1.54) is 4.31 Å². The van der Waals surface area contributed by atoms with Gasteiger partial charge in [0.2, 0.25) is 10.0 Å². The van der Waals surface area contributed by atoms with Gasteiger partial charge >= 0.3 is 5.97 Å². The highest BCUT2D eigenvalue weighted by Gasteiger charge is 2.33. The van der Waals surface area contributed by atoms with Gasteiger partial charge in [-0.25, -0.2) is 8.42 Å². The summed E-state index contributed by atoms with van der Waals surface area (Å²) in [5.41, 5.74) is 0.730. The van der Waals surface area contributed by atoms with Crippen molar-refractivity contribution in [2.75, 3.05) is 12.3 Å². The maximum Gasteiger partial charge on any atom is 0.304 e. The van der Waals surface area contributed by atoms with E-state index in [9.17, 15) is 13.2 Å². The van der Waals surface area contributed by atoms with E-state index in [1.807, 2.05) is 6.07 Å². The Bertz CT molecular complexity index is 574. The highest BCUT2D eigenvalue weighted by molar-refractivity contribution is 7.89. The largest absolute Gasteiger partial charge is 0.481 e. The maximum absolute atomic E-state index is 12.5. The van der Waals surface area contributed by atoms with Crippen molar-refractivity contribution >= 4 is 16.0 Å². The molecule has 0 saturated carbocycles. The van der Waals surface area contributed by atoms with Crippen LogP contribution in [0.5, 0.6) is 0 Å². The van der Waals surface area contributed by atoms with Crippen LogP contribution in [0.4, 0.5) is 0 Å². The highest BCUT2D eigenvalue weighted by atomic mass is 32.2. The van der Waals surface area contributed by atoms with Crippen molar-refractivity contribution in [3.63, 3.8) is 0 Å². The van der Waals surface area contributed by atoms with E-state index in [4.69, 9.17) is 5.11 Å². The molecule has 0 radical (unpaired) electrons. The third-order valence-corrected chi connectivity index (χ3v) is 5.60. The van der Waals surface area contributed by atoms with Gasteiger partial charge < -0.3 is 5.11 Å². The fraction of sp³-hybridized carbons (Fsp3) is 0.571. The summed E-state index contributed by atoms with van der Waals surface area (Å²) >= 11 is 0. The molecule has 2 heterocycles. The molecule has 21 heavy (non-hydrogen) atoms. The normalized spacial score (nSPS) is 20.3. The number of hydrogen-bond acceptors (Lipinski definition) is 4. The number of carboxylic acids is 1. The van der Waals surface area contributed by atoms with Crippen LogP contribution >= 0.6 is 0 Å². The minimum absolute atomic E-state index is 0.0276. The molecular formula is C14H20N2O4S. The zero-order chi connectivity index (χ0) is 15.3. The minimum atomic E-state index is -3.45. The standard InChI is InChI=1S/C14H20N2O4S/c17-14(18)11-13-6-2-4-9-16(13)21(19,20)10-7-12-5-1-3-8-15-12/h1,3,5,8,13H,2,4,6-7,9-11H2,(H,17,18). The summed E-state index contributed by atoms with van der Waals surface area (Å²) in [6, 6.07) is 4.99. The molecule has 0 bridgehead atoms. The number of pyridine rings is 1. The van der Waals surface area contributed by atoms with E-state index in [1.54, 1.807) is 18.3 Å². The van der Waals surface area contributed by atoms with Crippen LogP contribution in [0, 0.1) is 0 Å². The van der Waals surface area contributed by atoms with Crippen LogP contribution in [-0.2, 0) is 21.2 Å². The molecule has 1 aromatic rings. The number of rotatable bonds is 6. The Labute approximate surface area is 124 Å². The van der Waals surface area contributed by atoms with E-state index >= 15 is 0 Å². The lowest BCUT2D eigenvalue weighted by atomic mass is 10.0. The summed E-state index contributed by atoms with van der Waals surface area (Å²) in [6.07, 6.45) is 4.15. The predicted molar refractivity (Wildman–Crippen MR) is 78.3 cm³/mol. The molecule has 7 heteroatoms. The van der Waals surface area contributed by atoms with Crippen LogP contribution in [0.1, 0.15) is 31.4 Å². The van der Waals surface area contributed by atoms with Gasteiger partial charge in [-0.3, -0.25) is 9.78 Å². The Morgan fingerprint density at radius 2 is 2.19 bits per heavy atom. The first kappa shape index (κ1) is 15.9. The molecule has 1 aromatic heterocycles. The van der Waals surface area contributed by atoms with Crippen molar-refractivity contribution in [1.82, 2.24) is 9.29 Å². The summed E-state index contributed by atoms with van der Waals surface area (Å²) in [7, 11) is -3.45. The Hall–Kier alpha value is -1.47. The van der Waals surface area contributed by atoms with Gasteiger partial charge in [0.15, 0.2) is 0 Å². The van der Waals surface area contributed by atoms with E-state index in [0.29, 0.717) is 19.4 Å². The predicted octanol–water partition coefficient (Wildman–Crippen LogP) is 1.28. The van der Waals surface area contributed by atoms with Crippen molar-refractivity contribution < 1.29 is 18.3 Å². The lowest BCUT2D eigenvalue weighted by Gasteiger charge is -2.33. The summed E-state index contributed by atoms with van der Waals surface area (Å²) in [6.45, 7) is 0.419. The second kappa shape index (κ2) is 7.00. The molecule has 1 atom stereocenters. The Morgan fingerprint density at radius 1 is 1.38 bits per heavy atom. The summed E-state index contributed by atoms with van der Waals surface area (Å²) in [5, 5.41) is 8.93. The number of hydrogen-bond donors (Lipinski definition) is 1. The molecule has 6 nitrogen and oxygen atoms in total. The topological polar surface area (TPSA) is 87.6 Å². The lowest BCUT2D eigenvalue weighted by Crippen LogP contribution is -2.45. The van der Waals surface area contributed by atoms with Gasteiger partial charge in [-0.2, -0.15) is 4.31 Å². The molecule has 0 aliphatic carbocycles. The van der Waals surface area contributed by atoms with Crippen LogP contribution in [-0.4, -0.2) is 47.1 Å². The van der Waals surface area contributed by atoms with Gasteiger partial charge in [0.25, 0.3) is 0 Å². The molecule has 0 spiro atoms.